The lowest BCUT2D eigenvalue weighted by molar-refractivity contribution is -0.116. The van der Waals surface area contributed by atoms with Gasteiger partial charge in [-0.05, 0) is 62.5 Å². The Bertz CT molecular complexity index is 491. The number of likely N-dealkylation sites (tertiary alicyclic amines) is 1. The second kappa shape index (κ2) is 6.58. The van der Waals surface area contributed by atoms with Crippen molar-refractivity contribution < 1.29 is 4.79 Å². The summed E-state index contributed by atoms with van der Waals surface area (Å²) >= 11 is 0. The van der Waals surface area contributed by atoms with Gasteiger partial charge in [0.15, 0.2) is 0 Å². The maximum absolute atomic E-state index is 12.0. The second-order valence-electron chi connectivity index (χ2n) is 6.46. The van der Waals surface area contributed by atoms with Crippen molar-refractivity contribution in [3.8, 4) is 0 Å². The fraction of sp³-hybridized carbons (Fsp3) is 0.588. The molecule has 2 aliphatic heterocycles. The van der Waals surface area contributed by atoms with Crippen molar-refractivity contribution in [2.24, 2.45) is 11.8 Å². The van der Waals surface area contributed by atoms with E-state index in [1.165, 1.54) is 31.7 Å². The quantitative estimate of drug-likeness (QED) is 0.869. The number of fused-ring (bicyclic) bond motifs is 1. The maximum atomic E-state index is 12.0. The molecule has 0 aromatic heterocycles. The molecule has 0 spiro atoms. The van der Waals surface area contributed by atoms with Gasteiger partial charge in [-0.25, -0.2) is 0 Å². The monoisotopic (exact) mass is 287 g/mol. The molecule has 21 heavy (non-hydrogen) atoms. The van der Waals surface area contributed by atoms with E-state index in [2.05, 4.69) is 15.5 Å². The van der Waals surface area contributed by atoms with Crippen LogP contribution in [0.15, 0.2) is 24.3 Å². The van der Waals surface area contributed by atoms with Gasteiger partial charge in [0.05, 0.1) is 0 Å². The number of carbonyl (C=O) groups is 1. The Labute approximate surface area is 126 Å². The number of hydrogen-bond acceptors (Lipinski definition) is 3. The van der Waals surface area contributed by atoms with Crippen LogP contribution in [-0.2, 0) is 4.79 Å². The van der Waals surface area contributed by atoms with Crippen LogP contribution < -0.4 is 10.6 Å². The summed E-state index contributed by atoms with van der Waals surface area (Å²) in [5, 5.41) is 6.44. The van der Waals surface area contributed by atoms with Crippen LogP contribution in [0.1, 0.15) is 18.4 Å². The van der Waals surface area contributed by atoms with Crippen LogP contribution >= 0.6 is 0 Å². The molecule has 1 aromatic rings. The molecule has 2 atom stereocenters. The number of benzene rings is 1. The molecule has 2 aliphatic rings. The van der Waals surface area contributed by atoms with Gasteiger partial charge in [0, 0.05) is 25.2 Å². The van der Waals surface area contributed by atoms with E-state index in [4.69, 9.17) is 0 Å². The first-order chi connectivity index (χ1) is 10.2. The fourth-order valence-corrected chi connectivity index (χ4v) is 3.54. The summed E-state index contributed by atoms with van der Waals surface area (Å²) in [6.45, 7) is 7.85. The zero-order chi connectivity index (χ0) is 14.7. The first-order valence-electron chi connectivity index (χ1n) is 8.00. The SMILES string of the molecule is Cc1cccc(NC(=O)CCCN2CC3CNCC3C2)c1. The standard InChI is InChI=1S/C17H25N3O/c1-13-4-2-5-16(8-13)19-17(21)6-3-7-20-11-14-9-18-10-15(14)12-20/h2,4-5,8,14-15,18H,3,6-7,9-12H2,1H3,(H,19,21). The highest BCUT2D eigenvalue weighted by atomic mass is 16.1. The van der Waals surface area contributed by atoms with Crippen LogP contribution in [-0.4, -0.2) is 43.5 Å². The second-order valence-corrected chi connectivity index (χ2v) is 6.46. The summed E-state index contributed by atoms with van der Waals surface area (Å²) in [6.07, 6.45) is 1.56. The van der Waals surface area contributed by atoms with Gasteiger partial charge >= 0.3 is 0 Å². The Hall–Kier alpha value is -1.39. The van der Waals surface area contributed by atoms with Crippen LogP contribution in [0.5, 0.6) is 0 Å². The van der Waals surface area contributed by atoms with E-state index in [9.17, 15) is 4.79 Å². The molecule has 114 valence electrons. The molecule has 4 nitrogen and oxygen atoms in total. The molecule has 0 bridgehead atoms. The highest BCUT2D eigenvalue weighted by molar-refractivity contribution is 5.90. The zero-order valence-electron chi connectivity index (χ0n) is 12.8. The topological polar surface area (TPSA) is 44.4 Å². The lowest BCUT2D eigenvalue weighted by atomic mass is 10.0. The van der Waals surface area contributed by atoms with E-state index in [1.807, 2.05) is 31.2 Å². The molecular weight excluding hydrogens is 262 g/mol. The summed E-state index contributed by atoms with van der Waals surface area (Å²) in [4.78, 5) is 14.5. The molecule has 0 aliphatic carbocycles. The molecule has 3 rings (SSSR count). The molecule has 2 fully saturated rings. The van der Waals surface area contributed by atoms with Crippen LogP contribution in [0.2, 0.25) is 0 Å². The number of amides is 1. The number of carbonyl (C=O) groups excluding carboxylic acids is 1. The molecule has 2 saturated heterocycles. The lowest BCUT2D eigenvalue weighted by Crippen LogP contribution is -2.27. The Kier molecular flexibility index (Phi) is 4.56. The summed E-state index contributed by atoms with van der Waals surface area (Å²) < 4.78 is 0. The van der Waals surface area contributed by atoms with Crippen molar-refractivity contribution in [1.29, 1.82) is 0 Å². The summed E-state index contributed by atoms with van der Waals surface area (Å²) in [6, 6.07) is 7.96. The smallest absolute Gasteiger partial charge is 0.224 e. The maximum Gasteiger partial charge on any atom is 0.224 e. The number of aryl methyl sites for hydroxylation is 1. The van der Waals surface area contributed by atoms with Gasteiger partial charge in [-0.3, -0.25) is 4.79 Å². The van der Waals surface area contributed by atoms with Crippen LogP contribution in [0.3, 0.4) is 0 Å². The first-order valence-corrected chi connectivity index (χ1v) is 8.00. The number of anilines is 1. The van der Waals surface area contributed by atoms with Crippen molar-refractivity contribution in [1.82, 2.24) is 10.2 Å². The van der Waals surface area contributed by atoms with E-state index in [1.54, 1.807) is 0 Å². The van der Waals surface area contributed by atoms with Crippen LogP contribution in [0.4, 0.5) is 5.69 Å². The van der Waals surface area contributed by atoms with E-state index >= 15 is 0 Å². The third kappa shape index (κ3) is 3.83. The molecule has 4 heteroatoms. The van der Waals surface area contributed by atoms with E-state index in [-0.39, 0.29) is 5.91 Å². The molecule has 2 unspecified atom stereocenters. The van der Waals surface area contributed by atoms with Crippen molar-refractivity contribution in [3.63, 3.8) is 0 Å². The zero-order valence-corrected chi connectivity index (χ0v) is 12.8. The normalized spacial score (nSPS) is 25.0. The predicted octanol–water partition coefficient (Wildman–Crippen LogP) is 1.86. The van der Waals surface area contributed by atoms with Gasteiger partial charge in [-0.15, -0.1) is 0 Å². The molecule has 2 heterocycles. The molecule has 1 aromatic carbocycles. The first kappa shape index (κ1) is 14.5. The molecule has 2 N–H and O–H groups in total. The van der Waals surface area contributed by atoms with E-state index in [0.717, 1.165) is 30.5 Å². The Morgan fingerprint density at radius 3 is 2.81 bits per heavy atom. The summed E-state index contributed by atoms with van der Waals surface area (Å²) in [5.41, 5.74) is 2.08. The third-order valence-electron chi connectivity index (χ3n) is 4.65. The Morgan fingerprint density at radius 2 is 2.10 bits per heavy atom. The van der Waals surface area contributed by atoms with Gasteiger partial charge in [-0.1, -0.05) is 12.1 Å². The predicted molar refractivity (Wildman–Crippen MR) is 85.3 cm³/mol. The fourth-order valence-electron chi connectivity index (χ4n) is 3.54. The number of hydrogen-bond donors (Lipinski definition) is 2. The van der Waals surface area contributed by atoms with Crippen LogP contribution in [0, 0.1) is 18.8 Å². The van der Waals surface area contributed by atoms with Gasteiger partial charge in [0.25, 0.3) is 0 Å². The lowest BCUT2D eigenvalue weighted by Gasteiger charge is -2.16. The average Bonchev–Trinajstić information content (AvgIpc) is 2.99. The van der Waals surface area contributed by atoms with Gasteiger partial charge in [0.2, 0.25) is 5.91 Å². The molecule has 0 radical (unpaired) electrons. The molecule has 0 saturated carbocycles. The van der Waals surface area contributed by atoms with Gasteiger partial charge in [-0.2, -0.15) is 0 Å². The number of nitrogens with zero attached hydrogens (tertiary/aromatic N) is 1. The minimum absolute atomic E-state index is 0.127. The minimum Gasteiger partial charge on any atom is -0.326 e. The Balaban J connectivity index is 1.36. The molecular formula is C17H25N3O. The minimum atomic E-state index is 0.127. The highest BCUT2D eigenvalue weighted by Gasteiger charge is 2.35. The van der Waals surface area contributed by atoms with E-state index in [0.29, 0.717) is 6.42 Å². The summed E-state index contributed by atoms with van der Waals surface area (Å²) in [5.74, 6) is 1.80. The van der Waals surface area contributed by atoms with Crippen molar-refractivity contribution in [2.75, 3.05) is 38.0 Å². The van der Waals surface area contributed by atoms with Crippen molar-refractivity contribution >= 4 is 11.6 Å². The van der Waals surface area contributed by atoms with Crippen molar-refractivity contribution in [2.45, 2.75) is 19.8 Å². The summed E-state index contributed by atoms with van der Waals surface area (Å²) in [7, 11) is 0. The van der Waals surface area contributed by atoms with Gasteiger partial charge < -0.3 is 15.5 Å². The number of rotatable bonds is 5. The highest BCUT2D eigenvalue weighted by Crippen LogP contribution is 2.26. The average molecular weight is 287 g/mol. The number of nitrogens with one attached hydrogen (secondary N) is 2. The largest absolute Gasteiger partial charge is 0.326 e. The Morgan fingerprint density at radius 1 is 1.33 bits per heavy atom. The van der Waals surface area contributed by atoms with Crippen molar-refractivity contribution in [3.05, 3.63) is 29.8 Å². The van der Waals surface area contributed by atoms with Crippen LogP contribution in [0.25, 0.3) is 0 Å². The molecule has 1 amide bonds. The third-order valence-corrected chi connectivity index (χ3v) is 4.65. The van der Waals surface area contributed by atoms with Gasteiger partial charge in [0.1, 0.15) is 0 Å². The van der Waals surface area contributed by atoms with E-state index < -0.39 is 0 Å².